The molecule has 0 saturated heterocycles. The lowest BCUT2D eigenvalue weighted by molar-refractivity contribution is -0.129. The van der Waals surface area contributed by atoms with Crippen molar-refractivity contribution in [1.82, 2.24) is 10.6 Å². The van der Waals surface area contributed by atoms with Gasteiger partial charge >= 0.3 is 0 Å². The molecule has 2 N–H and O–H groups in total. The topological polar surface area (TPSA) is 80.6 Å². The molecule has 0 aliphatic heterocycles. The second kappa shape index (κ2) is 8.49. The van der Waals surface area contributed by atoms with Gasteiger partial charge in [-0.2, -0.15) is 0 Å². The quantitative estimate of drug-likeness (QED) is 0.750. The Morgan fingerprint density at radius 3 is 2.83 bits per heavy atom. The zero-order chi connectivity index (χ0) is 17.5. The molecule has 2 amide bonds. The SMILES string of the molecule is CC(NC(=O)COc1ccc(Br)cc1F)C(=O)NCc1ccco1. The van der Waals surface area contributed by atoms with E-state index in [0.717, 1.165) is 0 Å². The van der Waals surface area contributed by atoms with Gasteiger partial charge < -0.3 is 19.8 Å². The first-order chi connectivity index (χ1) is 11.5. The van der Waals surface area contributed by atoms with Gasteiger partial charge in [0.05, 0.1) is 12.8 Å². The third-order valence-electron chi connectivity index (χ3n) is 3.04. The Hall–Kier alpha value is -2.35. The number of carbonyl (C=O) groups is 2. The predicted octanol–water partition coefficient (Wildman–Crippen LogP) is 2.38. The van der Waals surface area contributed by atoms with Gasteiger partial charge in [-0.3, -0.25) is 9.59 Å². The molecule has 2 rings (SSSR count). The number of rotatable bonds is 7. The lowest BCUT2D eigenvalue weighted by Gasteiger charge is -2.14. The van der Waals surface area contributed by atoms with E-state index in [-0.39, 0.29) is 18.2 Å². The maximum atomic E-state index is 13.6. The van der Waals surface area contributed by atoms with Crippen molar-refractivity contribution in [2.45, 2.75) is 19.5 Å². The predicted molar refractivity (Wildman–Crippen MR) is 87.8 cm³/mol. The van der Waals surface area contributed by atoms with Crippen molar-refractivity contribution >= 4 is 27.7 Å². The molecule has 1 aromatic heterocycles. The van der Waals surface area contributed by atoms with E-state index >= 15 is 0 Å². The molecule has 0 aliphatic carbocycles. The van der Waals surface area contributed by atoms with Crippen LogP contribution in [-0.2, 0) is 16.1 Å². The smallest absolute Gasteiger partial charge is 0.258 e. The van der Waals surface area contributed by atoms with Crippen LogP contribution in [0.15, 0.2) is 45.5 Å². The van der Waals surface area contributed by atoms with E-state index < -0.39 is 24.4 Å². The van der Waals surface area contributed by atoms with E-state index in [0.29, 0.717) is 10.2 Å². The van der Waals surface area contributed by atoms with E-state index in [2.05, 4.69) is 26.6 Å². The van der Waals surface area contributed by atoms with Gasteiger partial charge in [-0.25, -0.2) is 4.39 Å². The number of amides is 2. The standard InChI is InChI=1S/C16H16BrFN2O4/c1-10(16(22)19-8-12-3-2-6-23-12)20-15(21)9-24-14-5-4-11(17)7-13(14)18/h2-7,10H,8-9H2,1H3,(H,19,22)(H,20,21). The average Bonchev–Trinajstić information content (AvgIpc) is 3.05. The Balaban J connectivity index is 1.75. The normalized spacial score (nSPS) is 11.6. The second-order valence-corrected chi connectivity index (χ2v) is 5.87. The van der Waals surface area contributed by atoms with Crippen molar-refractivity contribution in [3.63, 3.8) is 0 Å². The molecule has 2 aromatic rings. The summed E-state index contributed by atoms with van der Waals surface area (Å²) in [7, 11) is 0. The fraction of sp³-hybridized carbons (Fsp3) is 0.250. The molecule has 0 radical (unpaired) electrons. The van der Waals surface area contributed by atoms with E-state index in [9.17, 15) is 14.0 Å². The van der Waals surface area contributed by atoms with Crippen LogP contribution in [0, 0.1) is 5.82 Å². The molecule has 0 bridgehead atoms. The van der Waals surface area contributed by atoms with Crippen LogP contribution < -0.4 is 15.4 Å². The summed E-state index contributed by atoms with van der Waals surface area (Å²) in [6.45, 7) is 1.37. The summed E-state index contributed by atoms with van der Waals surface area (Å²) >= 11 is 3.13. The summed E-state index contributed by atoms with van der Waals surface area (Å²) in [5.74, 6) is -0.909. The van der Waals surface area contributed by atoms with Crippen molar-refractivity contribution < 1.29 is 23.1 Å². The van der Waals surface area contributed by atoms with Crippen LogP contribution in [0.5, 0.6) is 5.75 Å². The van der Waals surface area contributed by atoms with Crippen molar-refractivity contribution in [3.05, 3.63) is 52.6 Å². The van der Waals surface area contributed by atoms with Crippen molar-refractivity contribution in [1.29, 1.82) is 0 Å². The molecule has 24 heavy (non-hydrogen) atoms. The fourth-order valence-corrected chi connectivity index (χ4v) is 2.16. The van der Waals surface area contributed by atoms with Crippen LogP contribution in [0.25, 0.3) is 0 Å². The average molecular weight is 399 g/mol. The second-order valence-electron chi connectivity index (χ2n) is 4.95. The van der Waals surface area contributed by atoms with Gasteiger partial charge in [-0.1, -0.05) is 15.9 Å². The largest absolute Gasteiger partial charge is 0.481 e. The number of benzene rings is 1. The van der Waals surface area contributed by atoms with E-state index in [1.54, 1.807) is 18.2 Å². The highest BCUT2D eigenvalue weighted by atomic mass is 79.9. The highest BCUT2D eigenvalue weighted by Gasteiger charge is 2.16. The summed E-state index contributed by atoms with van der Waals surface area (Å²) in [5, 5.41) is 5.10. The monoisotopic (exact) mass is 398 g/mol. The summed E-state index contributed by atoms with van der Waals surface area (Å²) in [6, 6.07) is 6.92. The van der Waals surface area contributed by atoms with Crippen molar-refractivity contribution in [3.8, 4) is 5.75 Å². The van der Waals surface area contributed by atoms with Crippen molar-refractivity contribution in [2.24, 2.45) is 0 Å². The maximum absolute atomic E-state index is 13.6. The third-order valence-corrected chi connectivity index (χ3v) is 3.53. The van der Waals surface area contributed by atoms with Crippen LogP contribution in [0.1, 0.15) is 12.7 Å². The van der Waals surface area contributed by atoms with Gasteiger partial charge in [-0.05, 0) is 37.3 Å². The fourth-order valence-electron chi connectivity index (χ4n) is 1.82. The zero-order valence-electron chi connectivity index (χ0n) is 12.8. The number of hydrogen-bond acceptors (Lipinski definition) is 4. The van der Waals surface area contributed by atoms with Crippen LogP contribution in [0.3, 0.4) is 0 Å². The number of ether oxygens (including phenoxy) is 1. The van der Waals surface area contributed by atoms with Gasteiger partial charge in [-0.15, -0.1) is 0 Å². The molecule has 0 spiro atoms. The third kappa shape index (κ3) is 5.38. The van der Waals surface area contributed by atoms with E-state index in [1.807, 2.05) is 0 Å². The van der Waals surface area contributed by atoms with Crippen LogP contribution in [-0.4, -0.2) is 24.5 Å². The maximum Gasteiger partial charge on any atom is 0.258 e. The molecule has 128 valence electrons. The molecule has 0 fully saturated rings. The highest BCUT2D eigenvalue weighted by Crippen LogP contribution is 2.21. The molecule has 1 aromatic carbocycles. The van der Waals surface area contributed by atoms with Crippen molar-refractivity contribution in [2.75, 3.05) is 6.61 Å². The number of halogens is 2. The number of nitrogens with one attached hydrogen (secondary N) is 2. The number of hydrogen-bond donors (Lipinski definition) is 2. The van der Waals surface area contributed by atoms with Gasteiger partial charge in [0.15, 0.2) is 18.2 Å². The highest BCUT2D eigenvalue weighted by molar-refractivity contribution is 9.10. The molecular weight excluding hydrogens is 383 g/mol. The first-order valence-electron chi connectivity index (χ1n) is 7.13. The molecule has 1 atom stereocenters. The van der Waals surface area contributed by atoms with Gasteiger partial charge in [0.25, 0.3) is 5.91 Å². The lowest BCUT2D eigenvalue weighted by Crippen LogP contribution is -2.46. The zero-order valence-corrected chi connectivity index (χ0v) is 14.4. The molecule has 6 nitrogen and oxygen atoms in total. The van der Waals surface area contributed by atoms with Crippen LogP contribution in [0.4, 0.5) is 4.39 Å². The first-order valence-corrected chi connectivity index (χ1v) is 7.92. The Bertz CT molecular complexity index is 706. The summed E-state index contributed by atoms with van der Waals surface area (Å²) < 4.78 is 24.3. The van der Waals surface area contributed by atoms with E-state index in [4.69, 9.17) is 9.15 Å². The Kier molecular flexibility index (Phi) is 6.36. The minimum atomic E-state index is -0.758. The minimum absolute atomic E-state index is 0.0386. The molecule has 0 saturated carbocycles. The van der Waals surface area contributed by atoms with Gasteiger partial charge in [0.2, 0.25) is 5.91 Å². The lowest BCUT2D eigenvalue weighted by atomic mass is 10.3. The Labute approximate surface area is 146 Å². The molecule has 8 heteroatoms. The van der Waals surface area contributed by atoms with Crippen LogP contribution in [0.2, 0.25) is 0 Å². The first kappa shape index (κ1) is 18.0. The summed E-state index contributed by atoms with van der Waals surface area (Å²) in [5.41, 5.74) is 0. The van der Waals surface area contributed by atoms with Gasteiger partial charge in [0.1, 0.15) is 11.8 Å². The summed E-state index contributed by atoms with van der Waals surface area (Å²) in [4.78, 5) is 23.6. The molecule has 1 unspecified atom stereocenters. The summed E-state index contributed by atoms with van der Waals surface area (Å²) in [6.07, 6.45) is 1.51. The van der Waals surface area contributed by atoms with Crippen LogP contribution >= 0.6 is 15.9 Å². The van der Waals surface area contributed by atoms with E-state index in [1.165, 1.54) is 25.3 Å². The molecular formula is C16H16BrFN2O4. The Morgan fingerprint density at radius 2 is 2.17 bits per heavy atom. The van der Waals surface area contributed by atoms with Gasteiger partial charge in [0, 0.05) is 4.47 Å². The Morgan fingerprint density at radius 1 is 1.38 bits per heavy atom. The number of furan rings is 1. The number of carbonyl (C=O) groups excluding carboxylic acids is 2. The molecule has 0 aliphatic rings. The minimum Gasteiger partial charge on any atom is -0.481 e. The molecule has 1 heterocycles.